The molecule has 1 amide bonds. The first-order chi connectivity index (χ1) is 9.16. The second kappa shape index (κ2) is 4.57. The fourth-order valence-corrected chi connectivity index (χ4v) is 2.68. The van der Waals surface area contributed by atoms with Crippen molar-refractivity contribution in [3.63, 3.8) is 0 Å². The third-order valence-electron chi connectivity index (χ3n) is 3.89. The largest absolute Gasteiger partial charge is 0.480 e. The molecule has 2 aliphatic rings. The number of carboxylic acids is 1. The van der Waals surface area contributed by atoms with Gasteiger partial charge < -0.3 is 14.9 Å². The Balaban J connectivity index is 1.83. The maximum Gasteiger partial charge on any atom is 0.326 e. The summed E-state index contributed by atoms with van der Waals surface area (Å²) in [6.07, 6.45) is 1.52. The number of para-hydroxylation sites is 1. The number of hydrogen-bond acceptors (Lipinski definition) is 3. The molecule has 1 N–H and O–H groups in total. The minimum absolute atomic E-state index is 0.0224. The maximum atomic E-state index is 12.1. The van der Waals surface area contributed by atoms with Crippen LogP contribution in [0.2, 0.25) is 0 Å². The molecule has 0 aliphatic carbocycles. The third kappa shape index (κ3) is 2.05. The van der Waals surface area contributed by atoms with Crippen molar-refractivity contribution in [3.8, 4) is 0 Å². The number of carbonyl (C=O) groups excluding carboxylic acids is 1. The van der Waals surface area contributed by atoms with Crippen LogP contribution in [0.1, 0.15) is 12.0 Å². The Morgan fingerprint density at radius 2 is 2.00 bits per heavy atom. The highest BCUT2D eigenvalue weighted by Gasteiger charge is 2.36. The maximum absolute atomic E-state index is 12.1. The summed E-state index contributed by atoms with van der Waals surface area (Å²) in [6, 6.07) is 6.98. The summed E-state index contributed by atoms with van der Waals surface area (Å²) in [5.74, 6) is -0.846. The van der Waals surface area contributed by atoms with Crippen LogP contribution in [0, 0.1) is 0 Å². The second-order valence-corrected chi connectivity index (χ2v) is 5.05. The highest BCUT2D eigenvalue weighted by Crippen LogP contribution is 2.32. The molecule has 5 heteroatoms. The predicted molar refractivity (Wildman–Crippen MR) is 70.1 cm³/mol. The Bertz CT molecular complexity index is 525. The molecule has 3 rings (SSSR count). The van der Waals surface area contributed by atoms with Crippen LogP contribution in [0.15, 0.2) is 24.3 Å². The van der Waals surface area contributed by atoms with Crippen LogP contribution < -0.4 is 4.90 Å². The van der Waals surface area contributed by atoms with E-state index in [9.17, 15) is 14.7 Å². The van der Waals surface area contributed by atoms with E-state index >= 15 is 0 Å². The number of aliphatic carboxylic acids is 1. The topological polar surface area (TPSA) is 60.9 Å². The molecule has 0 aromatic heterocycles. The van der Waals surface area contributed by atoms with Gasteiger partial charge in [0, 0.05) is 25.2 Å². The van der Waals surface area contributed by atoms with E-state index in [1.165, 1.54) is 0 Å². The van der Waals surface area contributed by atoms with E-state index < -0.39 is 12.0 Å². The SMILES string of the molecule is O=C(O)C1Cc2ccccc2N1CC(=O)N1CCC1. The van der Waals surface area contributed by atoms with Crippen molar-refractivity contribution in [2.24, 2.45) is 0 Å². The van der Waals surface area contributed by atoms with Gasteiger partial charge in [0.1, 0.15) is 6.04 Å². The van der Waals surface area contributed by atoms with Crippen LogP contribution in [-0.2, 0) is 16.0 Å². The first kappa shape index (κ1) is 12.0. The molecular formula is C14H16N2O3. The van der Waals surface area contributed by atoms with Gasteiger partial charge in [-0.25, -0.2) is 4.79 Å². The number of nitrogens with zero attached hydrogens (tertiary/aromatic N) is 2. The normalized spacial score (nSPS) is 20.9. The van der Waals surface area contributed by atoms with Crippen molar-refractivity contribution < 1.29 is 14.7 Å². The molecule has 0 spiro atoms. The first-order valence-electron chi connectivity index (χ1n) is 6.52. The molecule has 1 aromatic rings. The molecular weight excluding hydrogens is 244 g/mol. The number of anilines is 1. The number of hydrogen-bond donors (Lipinski definition) is 1. The van der Waals surface area contributed by atoms with Crippen LogP contribution in [0.5, 0.6) is 0 Å². The fraction of sp³-hybridized carbons (Fsp3) is 0.429. The van der Waals surface area contributed by atoms with Crippen LogP contribution in [0.4, 0.5) is 5.69 Å². The molecule has 19 heavy (non-hydrogen) atoms. The average Bonchev–Trinajstić information content (AvgIpc) is 2.66. The molecule has 1 fully saturated rings. The average molecular weight is 260 g/mol. The van der Waals surface area contributed by atoms with Gasteiger partial charge in [-0.1, -0.05) is 18.2 Å². The highest BCUT2D eigenvalue weighted by molar-refractivity contribution is 5.88. The minimum Gasteiger partial charge on any atom is -0.480 e. The number of amides is 1. The monoisotopic (exact) mass is 260 g/mol. The van der Waals surface area contributed by atoms with Crippen molar-refractivity contribution in [1.82, 2.24) is 4.90 Å². The second-order valence-electron chi connectivity index (χ2n) is 5.05. The Morgan fingerprint density at radius 1 is 1.26 bits per heavy atom. The summed E-state index contributed by atoms with van der Waals surface area (Å²) < 4.78 is 0. The van der Waals surface area contributed by atoms with Crippen LogP contribution in [0.25, 0.3) is 0 Å². The predicted octanol–water partition coefficient (Wildman–Crippen LogP) is 0.735. The van der Waals surface area contributed by atoms with Crippen LogP contribution in [0.3, 0.4) is 0 Å². The van der Waals surface area contributed by atoms with Gasteiger partial charge in [0.15, 0.2) is 0 Å². The standard InChI is InChI=1S/C14H16N2O3/c17-13(15-6-3-7-15)9-16-11-5-2-1-4-10(11)8-12(16)14(18)19/h1-2,4-5,12H,3,6-9H2,(H,18,19). The van der Waals surface area contributed by atoms with Crippen LogP contribution >= 0.6 is 0 Å². The summed E-state index contributed by atoms with van der Waals surface area (Å²) in [6.45, 7) is 1.76. The molecule has 5 nitrogen and oxygen atoms in total. The molecule has 1 atom stereocenters. The van der Waals surface area contributed by atoms with Gasteiger partial charge >= 0.3 is 5.97 Å². The van der Waals surface area contributed by atoms with E-state index in [2.05, 4.69) is 0 Å². The lowest BCUT2D eigenvalue weighted by molar-refractivity contribution is -0.138. The Morgan fingerprint density at radius 3 is 2.63 bits per heavy atom. The lowest BCUT2D eigenvalue weighted by atomic mass is 10.1. The molecule has 100 valence electrons. The number of rotatable bonds is 3. The smallest absolute Gasteiger partial charge is 0.326 e. The van der Waals surface area contributed by atoms with Gasteiger partial charge in [-0.3, -0.25) is 4.79 Å². The summed E-state index contributed by atoms with van der Waals surface area (Å²) >= 11 is 0. The van der Waals surface area contributed by atoms with E-state index in [4.69, 9.17) is 0 Å². The number of carbonyl (C=O) groups is 2. The van der Waals surface area contributed by atoms with Crippen LogP contribution in [-0.4, -0.2) is 47.6 Å². The minimum atomic E-state index is -0.868. The Labute approximate surface area is 111 Å². The van der Waals surface area contributed by atoms with Gasteiger partial charge in [0.2, 0.25) is 5.91 Å². The zero-order valence-electron chi connectivity index (χ0n) is 10.6. The number of fused-ring (bicyclic) bond motifs is 1. The molecule has 0 bridgehead atoms. The summed E-state index contributed by atoms with van der Waals surface area (Å²) in [4.78, 5) is 26.9. The zero-order valence-corrected chi connectivity index (χ0v) is 10.6. The molecule has 1 unspecified atom stereocenters. The van der Waals surface area contributed by atoms with Crippen molar-refractivity contribution >= 4 is 17.6 Å². The molecule has 0 saturated carbocycles. The third-order valence-corrected chi connectivity index (χ3v) is 3.89. The van der Waals surface area contributed by atoms with E-state index in [0.29, 0.717) is 6.42 Å². The molecule has 2 heterocycles. The Kier molecular flexibility index (Phi) is 2.89. The molecule has 1 saturated heterocycles. The summed E-state index contributed by atoms with van der Waals surface area (Å²) in [5, 5.41) is 9.31. The van der Waals surface area contributed by atoms with Crippen molar-refractivity contribution in [2.45, 2.75) is 18.9 Å². The van der Waals surface area contributed by atoms with Gasteiger partial charge in [0.05, 0.1) is 6.54 Å². The van der Waals surface area contributed by atoms with E-state index in [-0.39, 0.29) is 12.5 Å². The molecule has 2 aliphatic heterocycles. The lowest BCUT2D eigenvalue weighted by Gasteiger charge is -2.34. The van der Waals surface area contributed by atoms with Gasteiger partial charge in [0.25, 0.3) is 0 Å². The van der Waals surface area contributed by atoms with E-state index in [0.717, 1.165) is 30.8 Å². The van der Waals surface area contributed by atoms with E-state index in [1.54, 1.807) is 9.80 Å². The fourth-order valence-electron chi connectivity index (χ4n) is 2.68. The number of likely N-dealkylation sites (tertiary alicyclic amines) is 1. The van der Waals surface area contributed by atoms with Crippen molar-refractivity contribution in [1.29, 1.82) is 0 Å². The van der Waals surface area contributed by atoms with Gasteiger partial charge in [-0.15, -0.1) is 0 Å². The van der Waals surface area contributed by atoms with Crippen molar-refractivity contribution in [2.75, 3.05) is 24.5 Å². The highest BCUT2D eigenvalue weighted by atomic mass is 16.4. The molecule has 0 radical (unpaired) electrons. The summed E-state index contributed by atoms with van der Waals surface area (Å²) in [5.41, 5.74) is 1.88. The Hall–Kier alpha value is -2.04. The molecule has 1 aromatic carbocycles. The summed E-state index contributed by atoms with van der Waals surface area (Å²) in [7, 11) is 0. The lowest BCUT2D eigenvalue weighted by Crippen LogP contribution is -2.50. The van der Waals surface area contributed by atoms with Gasteiger partial charge in [-0.2, -0.15) is 0 Å². The first-order valence-corrected chi connectivity index (χ1v) is 6.52. The zero-order chi connectivity index (χ0) is 13.4. The number of carboxylic acid groups (broad SMARTS) is 1. The van der Waals surface area contributed by atoms with Gasteiger partial charge in [-0.05, 0) is 18.1 Å². The van der Waals surface area contributed by atoms with E-state index in [1.807, 2.05) is 24.3 Å². The number of benzene rings is 1. The van der Waals surface area contributed by atoms with Crippen molar-refractivity contribution in [3.05, 3.63) is 29.8 Å². The quantitative estimate of drug-likeness (QED) is 0.870.